The van der Waals surface area contributed by atoms with Gasteiger partial charge in [-0.15, -0.1) is 11.3 Å². The molecule has 0 radical (unpaired) electrons. The van der Waals surface area contributed by atoms with Gasteiger partial charge in [-0.2, -0.15) is 0 Å². The van der Waals surface area contributed by atoms with E-state index in [2.05, 4.69) is 54.4 Å². The van der Waals surface area contributed by atoms with Crippen molar-refractivity contribution in [2.45, 2.75) is 64.0 Å². The number of rotatable bonds is 5. The predicted octanol–water partition coefficient (Wildman–Crippen LogP) is 4.58. The normalized spacial score (nSPS) is 23.8. The summed E-state index contributed by atoms with van der Waals surface area (Å²) in [7, 11) is 4.28. The second-order valence-electron chi connectivity index (χ2n) is 10.8. The van der Waals surface area contributed by atoms with E-state index in [1.165, 1.54) is 15.9 Å². The molecule has 8 nitrogen and oxygen atoms in total. The number of carbonyl (C=O) groups excluding carboxylic acids is 2. The number of carbonyl (C=O) groups is 2. The first-order valence-corrected chi connectivity index (χ1v) is 14.0. The summed E-state index contributed by atoms with van der Waals surface area (Å²) in [5.74, 6) is 0.129. The Bertz CT molecular complexity index is 1320. The third-order valence-corrected chi connectivity index (χ3v) is 9.12. The van der Waals surface area contributed by atoms with Crippen LogP contribution >= 0.6 is 11.3 Å². The standard InChI is InChI=1S/C28H36N6O2S/c1-5-17-10-20(14-30-25(17)29)31-26(35)28(36)34-15-16(2)6-8-23(34)18-7-9-24-22(13-18)32-27(37-24)19-11-21(12-19)33(3)4/h7,9-10,13-14,16,19,21,23H,5-6,8,11-12,15H2,1-4H3,(H2,29,30)(H,31,35)/t16-,19?,21?,23+/m0/s1. The van der Waals surface area contributed by atoms with Crippen molar-refractivity contribution in [3.8, 4) is 0 Å². The number of anilines is 2. The quantitative estimate of drug-likeness (QED) is 0.477. The monoisotopic (exact) mass is 520 g/mol. The van der Waals surface area contributed by atoms with E-state index < -0.39 is 11.8 Å². The van der Waals surface area contributed by atoms with Crippen LogP contribution in [0.25, 0.3) is 10.2 Å². The van der Waals surface area contributed by atoms with Crippen LogP contribution in [0, 0.1) is 5.92 Å². The van der Waals surface area contributed by atoms with Gasteiger partial charge in [0.15, 0.2) is 0 Å². The van der Waals surface area contributed by atoms with Crippen molar-refractivity contribution in [3.05, 3.63) is 46.6 Å². The van der Waals surface area contributed by atoms with Gasteiger partial charge in [0.05, 0.1) is 33.2 Å². The van der Waals surface area contributed by atoms with Crippen molar-refractivity contribution >= 4 is 44.9 Å². The minimum Gasteiger partial charge on any atom is -0.383 e. The van der Waals surface area contributed by atoms with E-state index in [1.54, 1.807) is 22.3 Å². The highest BCUT2D eigenvalue weighted by Gasteiger charge is 2.36. The highest BCUT2D eigenvalue weighted by molar-refractivity contribution is 7.18. The summed E-state index contributed by atoms with van der Waals surface area (Å²) >= 11 is 1.78. The molecule has 1 saturated carbocycles. The third-order valence-electron chi connectivity index (χ3n) is 7.92. The first-order chi connectivity index (χ1) is 17.7. The molecule has 3 N–H and O–H groups in total. The highest BCUT2D eigenvalue weighted by atomic mass is 32.1. The first kappa shape index (κ1) is 25.6. The third kappa shape index (κ3) is 5.20. The minimum absolute atomic E-state index is 0.151. The Morgan fingerprint density at radius 3 is 2.73 bits per heavy atom. The van der Waals surface area contributed by atoms with Crippen molar-refractivity contribution in [1.29, 1.82) is 0 Å². The molecule has 9 heteroatoms. The molecule has 0 unspecified atom stereocenters. The second kappa shape index (κ2) is 10.4. The molecule has 5 rings (SSSR count). The molecule has 3 aromatic rings. The first-order valence-electron chi connectivity index (χ1n) is 13.2. The number of thiazole rings is 1. The fourth-order valence-electron chi connectivity index (χ4n) is 5.47. The lowest BCUT2D eigenvalue weighted by atomic mass is 9.80. The molecule has 0 spiro atoms. The summed E-state index contributed by atoms with van der Waals surface area (Å²) < 4.78 is 1.18. The molecule has 2 amide bonds. The van der Waals surface area contributed by atoms with Crippen LogP contribution in [0.1, 0.15) is 67.6 Å². The Hall–Kier alpha value is -3.04. The molecule has 3 heterocycles. The van der Waals surface area contributed by atoms with Gasteiger partial charge < -0.3 is 20.9 Å². The van der Waals surface area contributed by atoms with Crippen LogP contribution in [-0.4, -0.2) is 58.3 Å². The minimum atomic E-state index is -0.648. The summed E-state index contributed by atoms with van der Waals surface area (Å²) in [6.07, 6.45) is 6.32. The van der Waals surface area contributed by atoms with Crippen LogP contribution in [0.4, 0.5) is 11.5 Å². The molecule has 196 valence electrons. The maximum absolute atomic E-state index is 13.4. The molecule has 1 aromatic carbocycles. The lowest BCUT2D eigenvalue weighted by molar-refractivity contribution is -0.146. The molecular weight excluding hydrogens is 484 g/mol. The zero-order valence-electron chi connectivity index (χ0n) is 22.0. The number of nitrogens with one attached hydrogen (secondary N) is 1. The van der Waals surface area contributed by atoms with Gasteiger partial charge in [-0.25, -0.2) is 9.97 Å². The number of benzene rings is 1. The average Bonchev–Trinajstić information content (AvgIpc) is 3.26. The number of pyridine rings is 1. The molecular formula is C28H36N6O2S. The van der Waals surface area contributed by atoms with Crippen molar-refractivity contribution in [2.75, 3.05) is 31.7 Å². The number of nitrogens with zero attached hydrogens (tertiary/aromatic N) is 4. The SMILES string of the molecule is CCc1cc(NC(=O)C(=O)N2C[C@@H](C)CC[C@@H]2c2ccc3sc(C4CC(N(C)C)C4)nc3c2)cnc1N. The molecule has 2 atom stereocenters. The van der Waals surface area contributed by atoms with Gasteiger partial charge in [0.2, 0.25) is 0 Å². The van der Waals surface area contributed by atoms with Crippen LogP contribution in [0.2, 0.25) is 0 Å². The van der Waals surface area contributed by atoms with Crippen LogP contribution < -0.4 is 11.1 Å². The number of aromatic nitrogens is 2. The van der Waals surface area contributed by atoms with Crippen molar-refractivity contribution in [2.24, 2.45) is 5.92 Å². The Morgan fingerprint density at radius 2 is 2.00 bits per heavy atom. The Kier molecular flexibility index (Phi) is 7.18. The molecule has 0 bridgehead atoms. The van der Waals surface area contributed by atoms with E-state index in [4.69, 9.17) is 10.7 Å². The molecule has 1 aliphatic carbocycles. The fraction of sp³-hybridized carbons (Fsp3) is 0.500. The molecule has 2 aliphatic rings. The maximum Gasteiger partial charge on any atom is 0.313 e. The van der Waals surface area contributed by atoms with E-state index >= 15 is 0 Å². The molecule has 2 fully saturated rings. The number of nitrogen functional groups attached to an aromatic ring is 1. The number of nitrogens with two attached hydrogens (primary N) is 1. The van der Waals surface area contributed by atoms with Gasteiger partial charge in [-0.3, -0.25) is 9.59 Å². The Balaban J connectivity index is 1.34. The fourth-order valence-corrected chi connectivity index (χ4v) is 6.54. The van der Waals surface area contributed by atoms with Gasteiger partial charge >= 0.3 is 11.8 Å². The van der Waals surface area contributed by atoms with Gasteiger partial charge in [0.1, 0.15) is 5.82 Å². The smallest absolute Gasteiger partial charge is 0.313 e. The van der Waals surface area contributed by atoms with Crippen LogP contribution in [0.15, 0.2) is 30.5 Å². The number of aryl methyl sites for hydroxylation is 1. The number of piperidine rings is 1. The number of amides is 2. The van der Waals surface area contributed by atoms with E-state index in [9.17, 15) is 9.59 Å². The van der Waals surface area contributed by atoms with Crippen LogP contribution in [0.5, 0.6) is 0 Å². The van der Waals surface area contributed by atoms with E-state index in [-0.39, 0.29) is 6.04 Å². The van der Waals surface area contributed by atoms with Crippen LogP contribution in [0.3, 0.4) is 0 Å². The van der Waals surface area contributed by atoms with Gasteiger partial charge in [0, 0.05) is 18.5 Å². The summed E-state index contributed by atoms with van der Waals surface area (Å²) in [4.78, 5) is 39.6. The summed E-state index contributed by atoms with van der Waals surface area (Å²) in [5.41, 5.74) is 9.23. The van der Waals surface area contributed by atoms with E-state index in [1.807, 2.05) is 6.92 Å². The van der Waals surface area contributed by atoms with E-state index in [0.29, 0.717) is 42.3 Å². The average molecular weight is 521 g/mol. The molecule has 2 aromatic heterocycles. The Morgan fingerprint density at radius 1 is 1.22 bits per heavy atom. The zero-order valence-corrected chi connectivity index (χ0v) is 22.8. The highest BCUT2D eigenvalue weighted by Crippen LogP contribution is 2.43. The van der Waals surface area contributed by atoms with Crippen molar-refractivity contribution in [1.82, 2.24) is 19.8 Å². The van der Waals surface area contributed by atoms with Gasteiger partial charge in [-0.05, 0) is 81.4 Å². The van der Waals surface area contributed by atoms with E-state index in [0.717, 1.165) is 42.3 Å². The lowest BCUT2D eigenvalue weighted by Gasteiger charge is -2.38. The largest absolute Gasteiger partial charge is 0.383 e. The summed E-state index contributed by atoms with van der Waals surface area (Å²) in [6, 6.07) is 8.61. The van der Waals surface area contributed by atoms with Gasteiger partial charge in [-0.1, -0.05) is 19.9 Å². The number of hydrogen-bond acceptors (Lipinski definition) is 7. The second-order valence-corrected chi connectivity index (χ2v) is 11.9. The zero-order chi connectivity index (χ0) is 26.3. The van der Waals surface area contributed by atoms with Crippen molar-refractivity contribution < 1.29 is 9.59 Å². The predicted molar refractivity (Wildman–Crippen MR) is 149 cm³/mol. The molecule has 1 aliphatic heterocycles. The lowest BCUT2D eigenvalue weighted by Crippen LogP contribution is -2.46. The van der Waals surface area contributed by atoms with Crippen LogP contribution in [-0.2, 0) is 16.0 Å². The summed E-state index contributed by atoms with van der Waals surface area (Å²) in [6.45, 7) is 4.64. The topological polar surface area (TPSA) is 104 Å². The number of fused-ring (bicyclic) bond motifs is 1. The number of likely N-dealkylation sites (tertiary alicyclic amines) is 1. The van der Waals surface area contributed by atoms with Crippen molar-refractivity contribution in [3.63, 3.8) is 0 Å². The van der Waals surface area contributed by atoms with Gasteiger partial charge in [0.25, 0.3) is 0 Å². The molecule has 1 saturated heterocycles. The maximum atomic E-state index is 13.4. The molecule has 37 heavy (non-hydrogen) atoms. The number of hydrogen-bond donors (Lipinski definition) is 2. The summed E-state index contributed by atoms with van der Waals surface area (Å²) in [5, 5.41) is 3.94. The Labute approximate surface area is 222 Å².